The van der Waals surface area contributed by atoms with Gasteiger partial charge in [-0.15, -0.1) is 10.2 Å². The molecule has 1 aromatic carbocycles. The number of fused-ring (bicyclic) bond motifs is 1. The molecular weight excluding hydrogens is 566 g/mol. The first-order valence-electron chi connectivity index (χ1n) is 14.4. The van der Waals surface area contributed by atoms with Crippen molar-refractivity contribution >= 4 is 11.8 Å². The molecule has 0 bridgehead atoms. The molecule has 0 saturated carbocycles. The minimum atomic E-state index is -4.60. The van der Waals surface area contributed by atoms with Crippen LogP contribution in [0.5, 0.6) is 0 Å². The molecule has 2 aliphatic heterocycles. The quantitative estimate of drug-likeness (QED) is 0.386. The Hall–Kier alpha value is -3.87. The van der Waals surface area contributed by atoms with Crippen LogP contribution in [0.1, 0.15) is 59.3 Å². The summed E-state index contributed by atoms with van der Waals surface area (Å²) in [5, 5.41) is 14.4. The zero-order valence-corrected chi connectivity index (χ0v) is 24.5. The third-order valence-electron chi connectivity index (χ3n) is 8.34. The van der Waals surface area contributed by atoms with Gasteiger partial charge in [0.1, 0.15) is 5.82 Å². The third-order valence-corrected chi connectivity index (χ3v) is 8.34. The number of benzene rings is 1. The number of nitrogens with one attached hydrogen (secondary N) is 1. The van der Waals surface area contributed by atoms with E-state index in [1.807, 2.05) is 24.8 Å². The Labute approximate surface area is 247 Å². The van der Waals surface area contributed by atoms with Crippen molar-refractivity contribution in [2.75, 3.05) is 32.7 Å². The molecule has 1 N–H and O–H groups in total. The zero-order valence-electron chi connectivity index (χ0n) is 24.5. The Morgan fingerprint density at radius 1 is 1.02 bits per heavy atom. The van der Waals surface area contributed by atoms with E-state index in [1.54, 1.807) is 19.9 Å². The van der Waals surface area contributed by atoms with Crippen LogP contribution in [0.25, 0.3) is 5.82 Å². The van der Waals surface area contributed by atoms with Gasteiger partial charge in [0.25, 0.3) is 5.91 Å². The SMILES string of the molecule is Cc1nn(-c2ccc(C(F)(F)F)nn2)c(C)c1C(=O)N1CC2CN(CCC(NC(=O)C(C)C)c3cccc(F)c3)CC2C1. The number of nitrogens with zero attached hydrogens (tertiary/aromatic N) is 6. The van der Waals surface area contributed by atoms with Crippen molar-refractivity contribution in [2.24, 2.45) is 17.8 Å². The minimum Gasteiger partial charge on any atom is -0.349 e. The van der Waals surface area contributed by atoms with Crippen molar-refractivity contribution in [3.8, 4) is 5.82 Å². The molecule has 2 fully saturated rings. The van der Waals surface area contributed by atoms with Gasteiger partial charge in [0.15, 0.2) is 11.5 Å². The van der Waals surface area contributed by atoms with Gasteiger partial charge in [-0.3, -0.25) is 9.59 Å². The summed E-state index contributed by atoms with van der Waals surface area (Å²) in [5.74, 6) is -0.0945. The van der Waals surface area contributed by atoms with Crippen LogP contribution in [-0.2, 0) is 11.0 Å². The lowest BCUT2D eigenvalue weighted by Gasteiger charge is -2.25. The molecule has 3 unspecified atom stereocenters. The second kappa shape index (κ2) is 12.0. The molecule has 13 heteroatoms. The van der Waals surface area contributed by atoms with Crippen molar-refractivity contribution in [1.29, 1.82) is 0 Å². The average molecular weight is 602 g/mol. The number of carbonyl (C=O) groups is 2. The van der Waals surface area contributed by atoms with E-state index in [0.29, 0.717) is 48.3 Å². The second-order valence-electron chi connectivity index (χ2n) is 11.8. The Morgan fingerprint density at radius 3 is 2.30 bits per heavy atom. The number of alkyl halides is 3. The molecule has 4 heterocycles. The number of hydrogen-bond acceptors (Lipinski definition) is 6. The first-order chi connectivity index (χ1) is 20.3. The molecule has 0 radical (unpaired) electrons. The fourth-order valence-corrected chi connectivity index (χ4v) is 6.06. The number of aryl methyl sites for hydroxylation is 1. The van der Waals surface area contributed by atoms with Crippen LogP contribution >= 0.6 is 0 Å². The summed E-state index contributed by atoms with van der Waals surface area (Å²) in [6.07, 6.45) is -3.97. The summed E-state index contributed by atoms with van der Waals surface area (Å²) in [7, 11) is 0. The van der Waals surface area contributed by atoms with E-state index in [-0.39, 0.29) is 35.4 Å². The first kappa shape index (κ1) is 30.6. The maximum Gasteiger partial charge on any atom is 0.435 e. The highest BCUT2D eigenvalue weighted by Gasteiger charge is 2.42. The molecule has 2 saturated heterocycles. The molecule has 43 heavy (non-hydrogen) atoms. The largest absolute Gasteiger partial charge is 0.435 e. The summed E-state index contributed by atoms with van der Waals surface area (Å²) in [5.41, 5.74) is 1.00. The summed E-state index contributed by atoms with van der Waals surface area (Å²) in [6.45, 7) is 10.5. The number of likely N-dealkylation sites (tertiary alicyclic amines) is 2. The van der Waals surface area contributed by atoms with Gasteiger partial charge in [0, 0.05) is 38.6 Å². The lowest BCUT2D eigenvalue weighted by Crippen LogP contribution is -2.36. The maximum atomic E-state index is 13.9. The summed E-state index contributed by atoms with van der Waals surface area (Å²) in [6, 6.07) is 8.04. The van der Waals surface area contributed by atoms with Crippen molar-refractivity contribution in [1.82, 2.24) is 35.1 Å². The van der Waals surface area contributed by atoms with E-state index < -0.39 is 11.9 Å². The normalized spacial score (nSPS) is 19.6. The monoisotopic (exact) mass is 601 g/mol. The topological polar surface area (TPSA) is 96.2 Å². The highest BCUT2D eigenvalue weighted by atomic mass is 19.4. The summed E-state index contributed by atoms with van der Waals surface area (Å²) < 4.78 is 54.0. The standard InChI is InChI=1S/C30H35F4N7O2/c1-17(2)28(42)35-24(20-6-5-7-23(31)12-20)10-11-39-13-21-15-40(16-22(21)14-39)29(43)27-18(3)38-41(19(27)4)26-9-8-25(36-37-26)30(32,33)34/h5-9,12,17,21-22,24H,10-11,13-16H2,1-4H3,(H,35,42). The van der Waals surface area contributed by atoms with Crippen molar-refractivity contribution in [3.63, 3.8) is 0 Å². The number of amides is 2. The molecule has 5 rings (SSSR count). The van der Waals surface area contributed by atoms with Gasteiger partial charge in [-0.05, 0) is 61.9 Å². The molecule has 2 aliphatic rings. The van der Waals surface area contributed by atoms with E-state index >= 15 is 0 Å². The molecular formula is C30H35F4N7O2. The van der Waals surface area contributed by atoms with Gasteiger partial charge in [-0.1, -0.05) is 26.0 Å². The van der Waals surface area contributed by atoms with Crippen LogP contribution in [0.3, 0.4) is 0 Å². The Balaban J connectivity index is 1.21. The second-order valence-corrected chi connectivity index (χ2v) is 11.8. The van der Waals surface area contributed by atoms with Crippen molar-refractivity contribution in [3.05, 3.63) is 70.4 Å². The fraction of sp³-hybridized carbons (Fsp3) is 0.500. The molecule has 0 spiro atoms. The summed E-state index contributed by atoms with van der Waals surface area (Å²) in [4.78, 5) is 30.2. The van der Waals surface area contributed by atoms with Crippen LogP contribution in [0.2, 0.25) is 0 Å². The Kier molecular flexibility index (Phi) is 8.55. The molecule has 3 aromatic rings. The highest BCUT2D eigenvalue weighted by molar-refractivity contribution is 5.96. The summed E-state index contributed by atoms with van der Waals surface area (Å²) >= 11 is 0. The average Bonchev–Trinajstić information content (AvgIpc) is 3.61. The lowest BCUT2D eigenvalue weighted by atomic mass is 10.0. The van der Waals surface area contributed by atoms with Gasteiger partial charge < -0.3 is 15.1 Å². The van der Waals surface area contributed by atoms with Crippen LogP contribution in [0.4, 0.5) is 17.6 Å². The fourth-order valence-electron chi connectivity index (χ4n) is 6.06. The van der Waals surface area contributed by atoms with E-state index in [1.165, 1.54) is 22.9 Å². The maximum absolute atomic E-state index is 13.9. The smallest absolute Gasteiger partial charge is 0.349 e. The number of rotatable bonds is 8. The third kappa shape index (κ3) is 6.56. The number of aromatic nitrogens is 4. The molecule has 2 aromatic heterocycles. The van der Waals surface area contributed by atoms with Crippen molar-refractivity contribution < 1.29 is 27.2 Å². The number of halogens is 4. The minimum absolute atomic E-state index is 0.0824. The van der Waals surface area contributed by atoms with Crippen LogP contribution < -0.4 is 5.32 Å². The first-order valence-corrected chi connectivity index (χ1v) is 14.4. The zero-order chi connectivity index (χ0) is 31.1. The molecule has 0 aliphatic carbocycles. The molecule has 3 atom stereocenters. The van der Waals surface area contributed by atoms with Gasteiger partial charge in [-0.25, -0.2) is 9.07 Å². The number of carbonyl (C=O) groups excluding carboxylic acids is 2. The van der Waals surface area contributed by atoms with Crippen LogP contribution in [-0.4, -0.2) is 74.3 Å². The van der Waals surface area contributed by atoms with E-state index in [0.717, 1.165) is 31.3 Å². The predicted molar refractivity (Wildman–Crippen MR) is 150 cm³/mol. The Morgan fingerprint density at radius 2 is 1.72 bits per heavy atom. The van der Waals surface area contributed by atoms with Gasteiger partial charge in [-0.2, -0.15) is 18.3 Å². The van der Waals surface area contributed by atoms with E-state index in [4.69, 9.17) is 0 Å². The lowest BCUT2D eigenvalue weighted by molar-refractivity contribution is -0.141. The van der Waals surface area contributed by atoms with E-state index in [2.05, 4.69) is 25.5 Å². The van der Waals surface area contributed by atoms with E-state index in [9.17, 15) is 27.2 Å². The molecule has 9 nitrogen and oxygen atoms in total. The van der Waals surface area contributed by atoms with Gasteiger partial charge in [0.05, 0.1) is 23.0 Å². The van der Waals surface area contributed by atoms with Crippen LogP contribution in [0.15, 0.2) is 36.4 Å². The van der Waals surface area contributed by atoms with Gasteiger partial charge in [0.2, 0.25) is 5.91 Å². The van der Waals surface area contributed by atoms with Crippen molar-refractivity contribution in [2.45, 2.75) is 46.3 Å². The predicted octanol–water partition coefficient (Wildman–Crippen LogP) is 4.34. The highest BCUT2D eigenvalue weighted by Crippen LogP contribution is 2.34. The van der Waals surface area contributed by atoms with Crippen LogP contribution in [0, 0.1) is 37.4 Å². The van der Waals surface area contributed by atoms with Gasteiger partial charge >= 0.3 is 6.18 Å². The molecule has 230 valence electrons. The number of hydrogen-bond donors (Lipinski definition) is 1. The Bertz CT molecular complexity index is 1470. The molecule has 2 amide bonds.